The SMILES string of the molecule is CC(N)C1(c2ccc(Cl)cc2Cl)CC1.Cl. The molecule has 15 heavy (non-hydrogen) atoms. The van der Waals surface area contributed by atoms with E-state index in [0.717, 1.165) is 23.4 Å². The van der Waals surface area contributed by atoms with Crippen molar-refractivity contribution in [2.45, 2.75) is 31.2 Å². The fourth-order valence-corrected chi connectivity index (χ4v) is 2.59. The van der Waals surface area contributed by atoms with Gasteiger partial charge in [-0.15, -0.1) is 12.4 Å². The van der Waals surface area contributed by atoms with Crippen molar-refractivity contribution >= 4 is 35.6 Å². The zero-order valence-electron chi connectivity index (χ0n) is 8.47. The molecule has 2 N–H and O–H groups in total. The molecule has 4 heteroatoms. The van der Waals surface area contributed by atoms with Gasteiger partial charge in [0.25, 0.3) is 0 Å². The third-order valence-electron chi connectivity index (χ3n) is 3.13. The Balaban J connectivity index is 0.00000112. The molecule has 1 aliphatic carbocycles. The van der Waals surface area contributed by atoms with Crippen LogP contribution in [0.25, 0.3) is 0 Å². The summed E-state index contributed by atoms with van der Waals surface area (Å²) in [5.41, 5.74) is 7.24. The Hall–Kier alpha value is 0.0500. The molecule has 0 heterocycles. The molecule has 0 amide bonds. The third kappa shape index (κ3) is 2.26. The average Bonchev–Trinajstić information content (AvgIpc) is 2.84. The molecule has 1 aliphatic rings. The summed E-state index contributed by atoms with van der Waals surface area (Å²) in [6, 6.07) is 5.83. The number of hydrogen-bond donors (Lipinski definition) is 1. The minimum absolute atomic E-state index is 0. The topological polar surface area (TPSA) is 26.0 Å². The van der Waals surface area contributed by atoms with Crippen molar-refractivity contribution < 1.29 is 0 Å². The Morgan fingerprint density at radius 3 is 2.33 bits per heavy atom. The van der Waals surface area contributed by atoms with Gasteiger partial charge in [0.1, 0.15) is 0 Å². The van der Waals surface area contributed by atoms with E-state index in [9.17, 15) is 0 Å². The van der Waals surface area contributed by atoms with Gasteiger partial charge < -0.3 is 5.73 Å². The summed E-state index contributed by atoms with van der Waals surface area (Å²) >= 11 is 12.0. The van der Waals surface area contributed by atoms with Gasteiger partial charge in [0.05, 0.1) is 0 Å². The molecule has 84 valence electrons. The van der Waals surface area contributed by atoms with Crippen LogP contribution in [-0.4, -0.2) is 6.04 Å². The van der Waals surface area contributed by atoms with Crippen LogP contribution in [0.3, 0.4) is 0 Å². The van der Waals surface area contributed by atoms with Gasteiger partial charge in [-0.3, -0.25) is 0 Å². The first-order valence-electron chi connectivity index (χ1n) is 4.77. The fraction of sp³-hybridized carbons (Fsp3) is 0.455. The van der Waals surface area contributed by atoms with Gasteiger partial charge in [0.15, 0.2) is 0 Å². The lowest BCUT2D eigenvalue weighted by atomic mass is 9.89. The lowest BCUT2D eigenvalue weighted by molar-refractivity contribution is 0.557. The van der Waals surface area contributed by atoms with Crippen molar-refractivity contribution in [2.24, 2.45) is 5.73 Å². The van der Waals surface area contributed by atoms with Gasteiger partial charge in [-0.25, -0.2) is 0 Å². The maximum Gasteiger partial charge on any atom is 0.0459 e. The molecule has 1 saturated carbocycles. The van der Waals surface area contributed by atoms with Crippen molar-refractivity contribution in [1.29, 1.82) is 0 Å². The fourth-order valence-electron chi connectivity index (χ4n) is 2.00. The number of benzene rings is 1. The van der Waals surface area contributed by atoms with Crippen LogP contribution in [0.2, 0.25) is 10.0 Å². The number of nitrogens with two attached hydrogens (primary N) is 1. The van der Waals surface area contributed by atoms with E-state index >= 15 is 0 Å². The molecule has 1 fully saturated rings. The van der Waals surface area contributed by atoms with Crippen LogP contribution in [0.1, 0.15) is 25.3 Å². The Kier molecular flexibility index (Phi) is 3.94. The smallest absolute Gasteiger partial charge is 0.0459 e. The third-order valence-corrected chi connectivity index (χ3v) is 3.68. The molecule has 0 aromatic heterocycles. The Labute approximate surface area is 106 Å². The van der Waals surface area contributed by atoms with Crippen LogP contribution in [0.5, 0.6) is 0 Å². The zero-order chi connectivity index (χ0) is 10.3. The number of hydrogen-bond acceptors (Lipinski definition) is 1. The molecule has 1 nitrogen and oxygen atoms in total. The van der Waals surface area contributed by atoms with Crippen molar-refractivity contribution in [1.82, 2.24) is 0 Å². The maximum absolute atomic E-state index is 6.16. The van der Waals surface area contributed by atoms with Crippen LogP contribution < -0.4 is 5.73 Å². The Morgan fingerprint density at radius 2 is 1.93 bits per heavy atom. The first-order valence-corrected chi connectivity index (χ1v) is 5.53. The van der Waals surface area contributed by atoms with E-state index in [0.29, 0.717) is 5.02 Å². The predicted molar refractivity (Wildman–Crippen MR) is 68.3 cm³/mol. The molecule has 1 aromatic rings. The highest BCUT2D eigenvalue weighted by atomic mass is 35.5. The first kappa shape index (κ1) is 13.1. The van der Waals surface area contributed by atoms with Crippen molar-refractivity contribution in [3.63, 3.8) is 0 Å². The second kappa shape index (κ2) is 4.50. The van der Waals surface area contributed by atoms with Gasteiger partial charge in [-0.05, 0) is 37.5 Å². The summed E-state index contributed by atoms with van der Waals surface area (Å²) in [5.74, 6) is 0. The van der Waals surface area contributed by atoms with Crippen LogP contribution in [0.15, 0.2) is 18.2 Å². The summed E-state index contributed by atoms with van der Waals surface area (Å²) in [6.45, 7) is 2.04. The molecule has 0 saturated heterocycles. The standard InChI is InChI=1S/C11H13Cl2N.ClH/c1-7(14)11(4-5-11)9-3-2-8(12)6-10(9)13;/h2-3,6-7H,4-5,14H2,1H3;1H. The van der Waals surface area contributed by atoms with E-state index in [-0.39, 0.29) is 23.9 Å². The lowest BCUT2D eigenvalue weighted by Crippen LogP contribution is -2.31. The molecule has 0 aliphatic heterocycles. The van der Waals surface area contributed by atoms with E-state index in [2.05, 4.69) is 0 Å². The average molecular weight is 267 g/mol. The van der Waals surface area contributed by atoms with Crippen LogP contribution in [0.4, 0.5) is 0 Å². The first-order chi connectivity index (χ1) is 6.56. The highest BCUT2D eigenvalue weighted by Crippen LogP contribution is 2.52. The number of halogens is 3. The molecule has 0 spiro atoms. The monoisotopic (exact) mass is 265 g/mol. The second-order valence-electron chi connectivity index (χ2n) is 4.07. The van der Waals surface area contributed by atoms with Crippen LogP contribution >= 0.6 is 35.6 Å². The second-order valence-corrected chi connectivity index (χ2v) is 4.91. The molecular formula is C11H14Cl3N. The normalized spacial score (nSPS) is 19.2. The van der Waals surface area contributed by atoms with E-state index in [1.807, 2.05) is 19.1 Å². The molecule has 1 unspecified atom stereocenters. The van der Waals surface area contributed by atoms with Crippen LogP contribution in [-0.2, 0) is 5.41 Å². The molecule has 0 radical (unpaired) electrons. The van der Waals surface area contributed by atoms with Gasteiger partial charge in [0.2, 0.25) is 0 Å². The Morgan fingerprint density at radius 1 is 1.33 bits per heavy atom. The maximum atomic E-state index is 6.16. The zero-order valence-corrected chi connectivity index (χ0v) is 10.8. The lowest BCUT2D eigenvalue weighted by Gasteiger charge is -2.21. The molecule has 0 bridgehead atoms. The largest absolute Gasteiger partial charge is 0.327 e. The Bertz CT molecular complexity index is 359. The van der Waals surface area contributed by atoms with Gasteiger partial charge in [-0.2, -0.15) is 0 Å². The summed E-state index contributed by atoms with van der Waals surface area (Å²) in [7, 11) is 0. The predicted octanol–water partition coefficient (Wildman–Crippen LogP) is 3.79. The summed E-state index contributed by atoms with van der Waals surface area (Å²) < 4.78 is 0. The van der Waals surface area contributed by atoms with Gasteiger partial charge in [-0.1, -0.05) is 29.3 Å². The minimum Gasteiger partial charge on any atom is -0.327 e. The number of rotatable bonds is 2. The van der Waals surface area contributed by atoms with Crippen molar-refractivity contribution in [2.75, 3.05) is 0 Å². The highest BCUT2D eigenvalue weighted by molar-refractivity contribution is 6.35. The van der Waals surface area contributed by atoms with Crippen molar-refractivity contribution in [3.8, 4) is 0 Å². The summed E-state index contributed by atoms with van der Waals surface area (Å²) in [5, 5.41) is 1.42. The molecular weight excluding hydrogens is 252 g/mol. The van der Waals surface area contributed by atoms with Gasteiger partial charge in [0, 0.05) is 21.5 Å². The van der Waals surface area contributed by atoms with Crippen molar-refractivity contribution in [3.05, 3.63) is 33.8 Å². The molecule has 1 aromatic carbocycles. The van der Waals surface area contributed by atoms with Crippen LogP contribution in [0, 0.1) is 0 Å². The molecule has 2 rings (SSSR count). The minimum atomic E-state index is 0. The highest BCUT2D eigenvalue weighted by Gasteiger charge is 2.48. The quantitative estimate of drug-likeness (QED) is 0.866. The van der Waals surface area contributed by atoms with E-state index in [1.54, 1.807) is 6.07 Å². The van der Waals surface area contributed by atoms with Gasteiger partial charge >= 0.3 is 0 Å². The van der Waals surface area contributed by atoms with E-state index < -0.39 is 0 Å². The summed E-state index contributed by atoms with van der Waals surface area (Å²) in [6.07, 6.45) is 2.26. The molecule has 1 atom stereocenters. The summed E-state index contributed by atoms with van der Waals surface area (Å²) in [4.78, 5) is 0. The van der Waals surface area contributed by atoms with E-state index in [1.165, 1.54) is 0 Å². The van der Waals surface area contributed by atoms with E-state index in [4.69, 9.17) is 28.9 Å².